The molecule has 1 saturated carbocycles. The predicted molar refractivity (Wildman–Crippen MR) is 130 cm³/mol. The average molecular weight is 449 g/mol. The summed E-state index contributed by atoms with van der Waals surface area (Å²) >= 11 is 1.52. The minimum Gasteiger partial charge on any atom is -0.258 e. The Bertz CT molecular complexity index is 1170. The van der Waals surface area contributed by atoms with Gasteiger partial charge in [-0.3, -0.25) is 15.1 Å². The van der Waals surface area contributed by atoms with E-state index in [2.05, 4.69) is 29.3 Å². The van der Waals surface area contributed by atoms with Crippen LogP contribution < -0.4 is 4.80 Å². The Labute approximate surface area is 192 Å². The maximum absolute atomic E-state index is 11.0. The van der Waals surface area contributed by atoms with E-state index in [1.54, 1.807) is 12.1 Å². The van der Waals surface area contributed by atoms with Gasteiger partial charge in [0, 0.05) is 29.6 Å². The topological polar surface area (TPSA) is 72.8 Å². The van der Waals surface area contributed by atoms with Crippen LogP contribution in [0.5, 0.6) is 0 Å². The zero-order valence-corrected chi connectivity index (χ0v) is 19.3. The van der Waals surface area contributed by atoms with Gasteiger partial charge in [0.05, 0.1) is 16.3 Å². The number of aromatic nitrogens is 1. The third-order valence-electron chi connectivity index (χ3n) is 6.01. The van der Waals surface area contributed by atoms with Gasteiger partial charge in [0.1, 0.15) is 0 Å². The molecule has 0 aliphatic heterocycles. The Morgan fingerprint density at radius 1 is 1.09 bits per heavy atom. The second-order valence-corrected chi connectivity index (χ2v) is 8.97. The van der Waals surface area contributed by atoms with E-state index < -0.39 is 0 Å². The Balaban J connectivity index is 1.67. The summed E-state index contributed by atoms with van der Waals surface area (Å²) in [5.74, 6) is 0.685. The molecule has 1 heterocycles. The molecule has 0 radical (unpaired) electrons. The van der Waals surface area contributed by atoms with Gasteiger partial charge < -0.3 is 0 Å². The van der Waals surface area contributed by atoms with Gasteiger partial charge in [-0.05, 0) is 55.9 Å². The molecule has 0 amide bonds. The number of rotatable bonds is 6. The Kier molecular flexibility index (Phi) is 6.95. The van der Waals surface area contributed by atoms with Crippen LogP contribution in [0.2, 0.25) is 0 Å². The number of hydrogen-bond acceptors (Lipinski definition) is 5. The second-order valence-electron chi connectivity index (χ2n) is 8.14. The van der Waals surface area contributed by atoms with Crippen LogP contribution in [0.4, 0.5) is 5.69 Å². The van der Waals surface area contributed by atoms with Gasteiger partial charge in [0.15, 0.2) is 0 Å². The maximum atomic E-state index is 11.0. The molecule has 0 N–H and O–H groups in total. The SMILES string of the molecule is CCN=c1scc(-c2ccc([N+](=O)[O-])cc2)n1N=C(C)c1ccc(C2CCCCC2)cc1. The van der Waals surface area contributed by atoms with Gasteiger partial charge in [-0.25, -0.2) is 4.68 Å². The van der Waals surface area contributed by atoms with Crippen molar-refractivity contribution in [1.29, 1.82) is 0 Å². The lowest BCUT2D eigenvalue weighted by Crippen LogP contribution is -2.14. The number of thiazole rings is 1. The molecule has 7 heteroatoms. The van der Waals surface area contributed by atoms with Crippen LogP contribution in [0.25, 0.3) is 11.3 Å². The van der Waals surface area contributed by atoms with Crippen molar-refractivity contribution in [3.05, 3.63) is 80.0 Å². The van der Waals surface area contributed by atoms with Crippen LogP contribution in [0.3, 0.4) is 0 Å². The van der Waals surface area contributed by atoms with Crippen LogP contribution in [-0.2, 0) is 0 Å². The fourth-order valence-corrected chi connectivity index (χ4v) is 5.13. The van der Waals surface area contributed by atoms with Crippen LogP contribution in [-0.4, -0.2) is 21.9 Å². The molecule has 1 aliphatic carbocycles. The fourth-order valence-electron chi connectivity index (χ4n) is 4.23. The molecule has 0 atom stereocenters. The first-order chi connectivity index (χ1) is 15.6. The van der Waals surface area contributed by atoms with E-state index in [0.29, 0.717) is 12.5 Å². The van der Waals surface area contributed by atoms with Crippen molar-refractivity contribution in [1.82, 2.24) is 4.68 Å². The van der Waals surface area contributed by atoms with E-state index in [4.69, 9.17) is 5.10 Å². The lowest BCUT2D eigenvalue weighted by molar-refractivity contribution is -0.384. The van der Waals surface area contributed by atoms with Gasteiger partial charge in [0.2, 0.25) is 4.80 Å². The molecule has 1 aliphatic rings. The highest BCUT2D eigenvalue weighted by molar-refractivity contribution is 7.07. The molecule has 32 heavy (non-hydrogen) atoms. The van der Waals surface area contributed by atoms with E-state index in [0.717, 1.165) is 27.3 Å². The highest BCUT2D eigenvalue weighted by Crippen LogP contribution is 2.32. The van der Waals surface area contributed by atoms with Gasteiger partial charge in [-0.1, -0.05) is 43.5 Å². The molecular weight excluding hydrogens is 420 g/mol. The summed E-state index contributed by atoms with van der Waals surface area (Å²) in [6.07, 6.45) is 6.60. The highest BCUT2D eigenvalue weighted by atomic mass is 32.1. The summed E-state index contributed by atoms with van der Waals surface area (Å²) in [5, 5.41) is 17.9. The smallest absolute Gasteiger partial charge is 0.258 e. The number of non-ortho nitro benzene ring substituents is 1. The lowest BCUT2D eigenvalue weighted by Gasteiger charge is -2.22. The number of nitro benzene ring substituents is 1. The number of nitrogens with zero attached hydrogens (tertiary/aromatic N) is 4. The molecule has 0 saturated heterocycles. The third-order valence-corrected chi connectivity index (χ3v) is 6.86. The summed E-state index contributed by atoms with van der Waals surface area (Å²) in [6, 6.07) is 15.4. The largest absolute Gasteiger partial charge is 0.269 e. The van der Waals surface area contributed by atoms with Gasteiger partial charge in [-0.2, -0.15) is 5.10 Å². The average Bonchev–Trinajstić information content (AvgIpc) is 3.22. The van der Waals surface area contributed by atoms with Gasteiger partial charge >= 0.3 is 0 Å². The monoisotopic (exact) mass is 448 g/mol. The van der Waals surface area contributed by atoms with Crippen LogP contribution >= 0.6 is 11.3 Å². The first-order valence-electron chi connectivity index (χ1n) is 11.2. The van der Waals surface area contributed by atoms with Crippen molar-refractivity contribution >= 4 is 22.7 Å². The Morgan fingerprint density at radius 2 is 1.78 bits per heavy atom. The van der Waals surface area contributed by atoms with E-state index >= 15 is 0 Å². The highest BCUT2D eigenvalue weighted by Gasteiger charge is 2.16. The van der Waals surface area contributed by atoms with Crippen molar-refractivity contribution < 1.29 is 4.92 Å². The van der Waals surface area contributed by atoms with Gasteiger partial charge in [0.25, 0.3) is 5.69 Å². The van der Waals surface area contributed by atoms with Crippen LogP contribution in [0, 0.1) is 10.1 Å². The minimum atomic E-state index is -0.386. The molecule has 166 valence electrons. The Morgan fingerprint density at radius 3 is 2.41 bits per heavy atom. The molecule has 0 unspecified atom stereocenters. The van der Waals surface area contributed by atoms with Crippen molar-refractivity contribution in [2.24, 2.45) is 10.1 Å². The van der Waals surface area contributed by atoms with Crippen LogP contribution in [0.15, 0.2) is 64.0 Å². The zero-order chi connectivity index (χ0) is 22.5. The molecule has 6 nitrogen and oxygen atoms in total. The molecule has 0 bridgehead atoms. The summed E-state index contributed by atoms with van der Waals surface area (Å²) < 4.78 is 1.85. The second kappa shape index (κ2) is 10.0. The van der Waals surface area contributed by atoms with E-state index in [1.165, 1.54) is 61.1 Å². The molecule has 1 fully saturated rings. The van der Waals surface area contributed by atoms with E-state index in [1.807, 2.05) is 23.9 Å². The molecule has 3 aromatic rings. The minimum absolute atomic E-state index is 0.0757. The first-order valence-corrected chi connectivity index (χ1v) is 12.1. The zero-order valence-electron chi connectivity index (χ0n) is 18.5. The number of hydrogen-bond donors (Lipinski definition) is 0. The number of benzene rings is 2. The summed E-state index contributed by atoms with van der Waals surface area (Å²) in [7, 11) is 0. The molecule has 1 aromatic heterocycles. The van der Waals surface area contributed by atoms with Crippen molar-refractivity contribution in [2.75, 3.05) is 6.54 Å². The van der Waals surface area contributed by atoms with Crippen molar-refractivity contribution in [3.8, 4) is 11.3 Å². The molecule has 2 aromatic carbocycles. The fraction of sp³-hybridized carbons (Fsp3) is 0.360. The summed E-state index contributed by atoms with van der Waals surface area (Å²) in [5.41, 5.74) is 5.23. The predicted octanol–water partition coefficient (Wildman–Crippen LogP) is 6.37. The summed E-state index contributed by atoms with van der Waals surface area (Å²) in [6.45, 7) is 4.66. The van der Waals surface area contributed by atoms with E-state index in [-0.39, 0.29) is 10.6 Å². The number of nitro groups is 1. The van der Waals surface area contributed by atoms with Crippen LogP contribution in [0.1, 0.15) is 63.0 Å². The van der Waals surface area contributed by atoms with Gasteiger partial charge in [-0.15, -0.1) is 11.3 Å². The molecule has 4 rings (SSSR count). The van der Waals surface area contributed by atoms with E-state index in [9.17, 15) is 10.1 Å². The normalized spacial score (nSPS) is 15.8. The first kappa shape index (κ1) is 22.1. The quantitative estimate of drug-likeness (QED) is 0.250. The van der Waals surface area contributed by atoms with Crippen molar-refractivity contribution in [3.63, 3.8) is 0 Å². The summed E-state index contributed by atoms with van der Waals surface area (Å²) in [4.78, 5) is 16.0. The molecular formula is C25H28N4O2S. The lowest BCUT2D eigenvalue weighted by atomic mass is 9.84. The van der Waals surface area contributed by atoms with Crippen molar-refractivity contribution in [2.45, 2.75) is 51.9 Å². The Hall–Kier alpha value is -3.06. The standard InChI is InChI=1S/C25H28N4O2S/c1-3-26-25-28(24(17-32-25)22-13-15-23(16-14-22)29(30)31)27-18(2)19-9-11-21(12-10-19)20-7-5-4-6-8-20/h9-17,20H,3-8H2,1-2H3. The molecule has 0 spiro atoms. The maximum Gasteiger partial charge on any atom is 0.269 e. The third kappa shape index (κ3) is 4.88.